The summed E-state index contributed by atoms with van der Waals surface area (Å²) >= 11 is 1.84. The molecule has 0 fully saturated rings. The van der Waals surface area contributed by atoms with Crippen LogP contribution in [0.1, 0.15) is 0 Å². The molecule has 0 saturated carbocycles. The summed E-state index contributed by atoms with van der Waals surface area (Å²) in [7, 11) is 0. The van der Waals surface area contributed by atoms with Crippen LogP contribution in [0.5, 0.6) is 0 Å². The number of hydrogen-bond donors (Lipinski definition) is 0. The fourth-order valence-corrected chi connectivity index (χ4v) is 8.95. The van der Waals surface area contributed by atoms with Gasteiger partial charge in [0.1, 0.15) is 16.7 Å². The molecule has 3 aromatic heterocycles. The standard InChI is InChI=1S/C49H30N2O2S/c1-3-12-31(13-4-1)33-16-9-18-35(28-33)51(37-24-25-40-39-20-7-8-23-44(39)54-45(40)30-37)36-19-10-17-34(29-36)38-21-11-22-41-46(38)47-42(52-41)26-27-43-48(47)50-49(53-43)32-14-5-2-6-15-32/h1-30H. The van der Waals surface area contributed by atoms with E-state index in [1.54, 1.807) is 0 Å². The first-order valence-corrected chi connectivity index (χ1v) is 18.8. The second kappa shape index (κ2) is 12.3. The molecule has 0 bridgehead atoms. The average Bonchev–Trinajstić information content (AvgIpc) is 3.95. The van der Waals surface area contributed by atoms with Crippen molar-refractivity contribution in [2.75, 3.05) is 4.90 Å². The van der Waals surface area contributed by atoms with Crippen LogP contribution in [0.2, 0.25) is 0 Å². The number of hydrogen-bond acceptors (Lipinski definition) is 5. The van der Waals surface area contributed by atoms with E-state index >= 15 is 0 Å². The Morgan fingerprint density at radius 3 is 1.87 bits per heavy atom. The molecule has 0 radical (unpaired) electrons. The van der Waals surface area contributed by atoms with Gasteiger partial charge >= 0.3 is 0 Å². The Hall–Kier alpha value is -6.95. The van der Waals surface area contributed by atoms with Crippen LogP contribution in [-0.2, 0) is 0 Å². The molecule has 0 amide bonds. The summed E-state index contributed by atoms with van der Waals surface area (Å²) in [6, 6.07) is 64.0. The summed E-state index contributed by atoms with van der Waals surface area (Å²) in [6.45, 7) is 0. The summed E-state index contributed by atoms with van der Waals surface area (Å²) in [5.74, 6) is 0.593. The Bertz CT molecular complexity index is 3180. The van der Waals surface area contributed by atoms with E-state index in [2.05, 4.69) is 138 Å². The van der Waals surface area contributed by atoms with Crippen LogP contribution in [0.4, 0.5) is 17.1 Å². The second-order valence-electron chi connectivity index (χ2n) is 13.5. The van der Waals surface area contributed by atoms with Gasteiger partial charge in [-0.15, -0.1) is 11.3 Å². The number of nitrogens with zero attached hydrogens (tertiary/aromatic N) is 2. The van der Waals surface area contributed by atoms with Gasteiger partial charge in [-0.1, -0.05) is 109 Å². The SMILES string of the molecule is c1ccc(-c2cccc(N(c3cccc(-c4cccc5oc6ccc7oc(-c8ccccc8)nc7c6c45)c3)c3ccc4c(c3)sc3ccccc34)c2)cc1. The van der Waals surface area contributed by atoms with Crippen LogP contribution in [0, 0.1) is 0 Å². The highest BCUT2D eigenvalue weighted by atomic mass is 32.1. The summed E-state index contributed by atoms with van der Waals surface area (Å²) < 4.78 is 15.3. The summed E-state index contributed by atoms with van der Waals surface area (Å²) in [6.07, 6.45) is 0. The highest BCUT2D eigenvalue weighted by molar-refractivity contribution is 7.25. The van der Waals surface area contributed by atoms with Crippen molar-refractivity contribution in [2.24, 2.45) is 0 Å². The van der Waals surface area contributed by atoms with Gasteiger partial charge < -0.3 is 13.7 Å². The van der Waals surface area contributed by atoms with E-state index in [9.17, 15) is 0 Å². The van der Waals surface area contributed by atoms with Crippen molar-refractivity contribution in [2.45, 2.75) is 0 Å². The minimum Gasteiger partial charge on any atom is -0.456 e. The van der Waals surface area contributed by atoms with Crippen molar-refractivity contribution in [1.29, 1.82) is 0 Å². The van der Waals surface area contributed by atoms with Gasteiger partial charge in [0.2, 0.25) is 5.89 Å². The van der Waals surface area contributed by atoms with Crippen molar-refractivity contribution in [3.63, 3.8) is 0 Å². The molecule has 0 saturated heterocycles. The Labute approximate surface area is 314 Å². The molecule has 0 atom stereocenters. The maximum atomic E-state index is 6.48. The van der Waals surface area contributed by atoms with E-state index in [4.69, 9.17) is 13.8 Å². The third-order valence-corrected chi connectivity index (χ3v) is 11.4. The van der Waals surface area contributed by atoms with Crippen LogP contribution in [0.15, 0.2) is 191 Å². The maximum Gasteiger partial charge on any atom is 0.227 e. The fraction of sp³-hybridized carbons (Fsp3) is 0. The molecule has 5 heteroatoms. The van der Waals surface area contributed by atoms with Gasteiger partial charge in [-0.2, -0.15) is 0 Å². The van der Waals surface area contributed by atoms with Gasteiger partial charge in [-0.3, -0.25) is 0 Å². The lowest BCUT2D eigenvalue weighted by Gasteiger charge is -2.26. The number of thiophene rings is 1. The van der Waals surface area contributed by atoms with Gasteiger partial charge in [0.25, 0.3) is 0 Å². The predicted octanol–water partition coefficient (Wildman–Crippen LogP) is 14.6. The first-order chi connectivity index (χ1) is 26.7. The highest BCUT2D eigenvalue weighted by Gasteiger charge is 2.21. The molecular formula is C49H30N2O2S. The van der Waals surface area contributed by atoms with E-state index < -0.39 is 0 Å². The lowest BCUT2D eigenvalue weighted by Crippen LogP contribution is -2.10. The zero-order valence-electron chi connectivity index (χ0n) is 28.9. The number of oxazole rings is 1. The summed E-state index contributed by atoms with van der Waals surface area (Å²) in [5, 5.41) is 4.55. The van der Waals surface area contributed by atoms with E-state index in [1.165, 1.54) is 31.3 Å². The van der Waals surface area contributed by atoms with Gasteiger partial charge in [0.05, 0.1) is 5.39 Å². The van der Waals surface area contributed by atoms with Gasteiger partial charge in [0, 0.05) is 48.2 Å². The molecule has 0 aliphatic rings. The minimum absolute atomic E-state index is 0.593. The minimum atomic E-state index is 0.593. The fourth-order valence-electron chi connectivity index (χ4n) is 7.81. The zero-order chi connectivity index (χ0) is 35.6. The number of fused-ring (bicyclic) bond motifs is 8. The van der Waals surface area contributed by atoms with Crippen molar-refractivity contribution < 1.29 is 8.83 Å². The second-order valence-corrected chi connectivity index (χ2v) is 14.6. The molecule has 0 spiro atoms. The molecule has 0 aliphatic heterocycles. The summed E-state index contributed by atoms with van der Waals surface area (Å²) in [5.41, 5.74) is 11.8. The van der Waals surface area contributed by atoms with Gasteiger partial charge in [0.15, 0.2) is 5.58 Å². The monoisotopic (exact) mass is 710 g/mol. The molecule has 11 aromatic rings. The molecule has 3 heterocycles. The molecule has 4 nitrogen and oxygen atoms in total. The molecule has 11 rings (SSSR count). The highest BCUT2D eigenvalue weighted by Crippen LogP contribution is 2.45. The van der Waals surface area contributed by atoms with Gasteiger partial charge in [-0.25, -0.2) is 4.98 Å². The van der Waals surface area contributed by atoms with Crippen LogP contribution >= 0.6 is 11.3 Å². The Balaban J connectivity index is 1.11. The molecule has 254 valence electrons. The van der Waals surface area contributed by atoms with Crippen molar-refractivity contribution >= 4 is 81.6 Å². The predicted molar refractivity (Wildman–Crippen MR) is 225 cm³/mol. The Morgan fingerprint density at radius 2 is 1.04 bits per heavy atom. The third kappa shape index (κ3) is 5.01. The van der Waals surface area contributed by atoms with Crippen molar-refractivity contribution in [3.05, 3.63) is 182 Å². The van der Waals surface area contributed by atoms with E-state index in [0.29, 0.717) is 5.89 Å². The van der Waals surface area contributed by atoms with Crippen LogP contribution in [-0.4, -0.2) is 4.98 Å². The maximum absolute atomic E-state index is 6.48. The van der Waals surface area contributed by atoms with Crippen molar-refractivity contribution in [3.8, 4) is 33.7 Å². The number of aromatic nitrogens is 1. The van der Waals surface area contributed by atoms with E-state index in [-0.39, 0.29) is 0 Å². The first-order valence-electron chi connectivity index (χ1n) is 18.0. The van der Waals surface area contributed by atoms with Crippen LogP contribution in [0.3, 0.4) is 0 Å². The van der Waals surface area contributed by atoms with Crippen LogP contribution < -0.4 is 4.90 Å². The lowest BCUT2D eigenvalue weighted by molar-refractivity contribution is 0.619. The molecule has 0 aliphatic carbocycles. The number of anilines is 3. The quantitative estimate of drug-likeness (QED) is 0.172. The summed E-state index contributed by atoms with van der Waals surface area (Å²) in [4.78, 5) is 7.40. The normalized spacial score (nSPS) is 11.7. The topological polar surface area (TPSA) is 42.4 Å². The van der Waals surface area contributed by atoms with Crippen molar-refractivity contribution in [1.82, 2.24) is 4.98 Å². The molecule has 0 unspecified atom stereocenters. The average molecular weight is 711 g/mol. The largest absolute Gasteiger partial charge is 0.456 e. The molecule has 54 heavy (non-hydrogen) atoms. The third-order valence-electron chi connectivity index (χ3n) is 10.3. The molecule has 0 N–H and O–H groups in total. The van der Waals surface area contributed by atoms with Gasteiger partial charge in [-0.05, 0) is 95.1 Å². The lowest BCUT2D eigenvalue weighted by atomic mass is 9.98. The first kappa shape index (κ1) is 30.7. The molecule has 8 aromatic carbocycles. The van der Waals surface area contributed by atoms with E-state index in [1.807, 2.05) is 59.9 Å². The number of rotatable bonds is 6. The number of furan rings is 1. The molecular weight excluding hydrogens is 681 g/mol. The smallest absolute Gasteiger partial charge is 0.227 e. The van der Waals surface area contributed by atoms with E-state index in [0.717, 1.165) is 66.8 Å². The Morgan fingerprint density at radius 1 is 0.407 bits per heavy atom. The van der Waals surface area contributed by atoms with Crippen LogP contribution in [0.25, 0.3) is 86.9 Å². The Kier molecular flexibility index (Phi) is 7.00. The number of benzene rings is 8. The zero-order valence-corrected chi connectivity index (χ0v) is 29.8.